The number of halogens is 5. The van der Waals surface area contributed by atoms with Gasteiger partial charge in [-0.05, 0) is 66.7 Å². The van der Waals surface area contributed by atoms with E-state index in [-0.39, 0.29) is 17.1 Å². The zero-order chi connectivity index (χ0) is 22.9. The number of carbonyl (C=O) groups is 1. The Morgan fingerprint density at radius 3 is 2.41 bits per heavy atom. The van der Waals surface area contributed by atoms with Crippen molar-refractivity contribution in [1.29, 1.82) is 0 Å². The standard InChI is InChI=1S/C24H13Cl2F3O3/c25-16-4-7-18(19(26)13-16)22-10-11-23(32-22)20(30)8-5-17-6-9-21(31-17)14-2-1-3-15(12-14)24(27,28)29/h1-13H/b8-5+. The van der Waals surface area contributed by atoms with Crippen LogP contribution in [0.15, 0.2) is 81.6 Å². The molecule has 32 heavy (non-hydrogen) atoms. The van der Waals surface area contributed by atoms with Crippen LogP contribution in [-0.2, 0) is 6.18 Å². The molecule has 0 bridgehead atoms. The Hall–Kier alpha value is -3.22. The highest BCUT2D eigenvalue weighted by atomic mass is 35.5. The Kier molecular flexibility index (Phi) is 6.00. The molecule has 0 fully saturated rings. The maximum absolute atomic E-state index is 12.9. The summed E-state index contributed by atoms with van der Waals surface area (Å²) in [6.07, 6.45) is -1.78. The van der Waals surface area contributed by atoms with Crippen LogP contribution < -0.4 is 0 Å². The van der Waals surface area contributed by atoms with Crippen molar-refractivity contribution in [2.45, 2.75) is 6.18 Å². The summed E-state index contributed by atoms with van der Waals surface area (Å²) in [5.41, 5.74) is 0.102. The van der Waals surface area contributed by atoms with Crippen LogP contribution in [0.2, 0.25) is 10.0 Å². The van der Waals surface area contributed by atoms with Crippen molar-refractivity contribution >= 4 is 35.1 Å². The largest absolute Gasteiger partial charge is 0.457 e. The van der Waals surface area contributed by atoms with E-state index in [4.69, 9.17) is 32.0 Å². The molecule has 4 rings (SSSR count). The molecule has 0 atom stereocenters. The lowest BCUT2D eigenvalue weighted by molar-refractivity contribution is -0.137. The number of hydrogen-bond donors (Lipinski definition) is 0. The summed E-state index contributed by atoms with van der Waals surface area (Å²) in [4.78, 5) is 12.4. The SMILES string of the molecule is O=C(/C=C/c1ccc(-c2cccc(C(F)(F)F)c2)o1)c1ccc(-c2ccc(Cl)cc2Cl)o1. The lowest BCUT2D eigenvalue weighted by atomic mass is 10.1. The molecule has 4 aromatic rings. The third-order valence-corrected chi connectivity index (χ3v) is 5.09. The average molecular weight is 477 g/mol. The smallest absolute Gasteiger partial charge is 0.416 e. The van der Waals surface area contributed by atoms with E-state index < -0.39 is 17.5 Å². The van der Waals surface area contributed by atoms with Gasteiger partial charge in [-0.1, -0.05) is 35.3 Å². The van der Waals surface area contributed by atoms with E-state index in [1.54, 1.807) is 30.3 Å². The van der Waals surface area contributed by atoms with Crippen LogP contribution >= 0.6 is 23.2 Å². The Morgan fingerprint density at radius 1 is 0.875 bits per heavy atom. The molecule has 3 nitrogen and oxygen atoms in total. The first-order chi connectivity index (χ1) is 15.2. The predicted octanol–water partition coefficient (Wildman–Crippen LogP) is 8.43. The molecule has 0 amide bonds. The second-order valence-corrected chi connectivity index (χ2v) is 7.61. The van der Waals surface area contributed by atoms with Gasteiger partial charge in [-0.25, -0.2) is 0 Å². The fraction of sp³-hybridized carbons (Fsp3) is 0.0417. The fourth-order valence-electron chi connectivity index (χ4n) is 2.99. The molecule has 0 radical (unpaired) electrons. The van der Waals surface area contributed by atoms with Crippen LogP contribution in [0, 0.1) is 0 Å². The summed E-state index contributed by atoms with van der Waals surface area (Å²) in [5, 5.41) is 0.867. The Balaban J connectivity index is 1.50. The molecule has 0 aliphatic carbocycles. The van der Waals surface area contributed by atoms with Gasteiger partial charge >= 0.3 is 6.18 Å². The van der Waals surface area contributed by atoms with Crippen molar-refractivity contribution in [1.82, 2.24) is 0 Å². The van der Waals surface area contributed by atoms with Crippen molar-refractivity contribution in [3.05, 3.63) is 99.9 Å². The fourth-order valence-corrected chi connectivity index (χ4v) is 3.49. The van der Waals surface area contributed by atoms with Crippen LogP contribution in [0.1, 0.15) is 21.9 Å². The van der Waals surface area contributed by atoms with E-state index >= 15 is 0 Å². The first-order valence-electron chi connectivity index (χ1n) is 9.26. The molecule has 2 aromatic heterocycles. The van der Waals surface area contributed by atoms with Gasteiger partial charge in [-0.2, -0.15) is 13.2 Å². The summed E-state index contributed by atoms with van der Waals surface area (Å²) >= 11 is 12.1. The van der Waals surface area contributed by atoms with Crippen molar-refractivity contribution < 1.29 is 26.8 Å². The zero-order valence-electron chi connectivity index (χ0n) is 16.1. The minimum Gasteiger partial charge on any atom is -0.457 e. The van der Waals surface area contributed by atoms with Crippen LogP contribution in [0.5, 0.6) is 0 Å². The van der Waals surface area contributed by atoms with Gasteiger partial charge in [0.25, 0.3) is 0 Å². The topological polar surface area (TPSA) is 43.4 Å². The Bertz CT molecular complexity index is 1320. The molecule has 162 valence electrons. The average Bonchev–Trinajstić information content (AvgIpc) is 3.42. The number of rotatable bonds is 5. The summed E-state index contributed by atoms with van der Waals surface area (Å²) in [7, 11) is 0. The molecule has 0 aliphatic heterocycles. The lowest BCUT2D eigenvalue weighted by Crippen LogP contribution is -2.04. The van der Waals surface area contributed by atoms with Crippen LogP contribution in [0.4, 0.5) is 13.2 Å². The van der Waals surface area contributed by atoms with Gasteiger partial charge < -0.3 is 8.83 Å². The Morgan fingerprint density at radius 2 is 1.66 bits per heavy atom. The van der Waals surface area contributed by atoms with E-state index in [0.717, 1.165) is 12.1 Å². The summed E-state index contributed by atoms with van der Waals surface area (Å²) in [6.45, 7) is 0. The molecule has 0 spiro atoms. The van der Waals surface area contributed by atoms with Gasteiger partial charge in [0.2, 0.25) is 5.78 Å². The van der Waals surface area contributed by atoms with Crippen molar-refractivity contribution in [2.24, 2.45) is 0 Å². The quantitative estimate of drug-likeness (QED) is 0.214. The van der Waals surface area contributed by atoms with Gasteiger partial charge in [0.15, 0.2) is 5.76 Å². The molecular weight excluding hydrogens is 464 g/mol. The first kappa shape index (κ1) is 22.0. The lowest BCUT2D eigenvalue weighted by Gasteiger charge is -2.07. The first-order valence-corrected chi connectivity index (χ1v) is 10.0. The van der Waals surface area contributed by atoms with Gasteiger partial charge in [0.05, 0.1) is 10.6 Å². The number of hydrogen-bond acceptors (Lipinski definition) is 3. The number of ketones is 1. The predicted molar refractivity (Wildman–Crippen MR) is 117 cm³/mol. The van der Waals surface area contributed by atoms with Crippen LogP contribution in [0.3, 0.4) is 0 Å². The van der Waals surface area contributed by atoms with E-state index in [9.17, 15) is 18.0 Å². The number of benzene rings is 2. The summed E-state index contributed by atoms with van der Waals surface area (Å²) < 4.78 is 49.9. The third kappa shape index (κ3) is 4.82. The van der Waals surface area contributed by atoms with Gasteiger partial charge in [-0.3, -0.25) is 4.79 Å². The normalized spacial score (nSPS) is 11.9. The monoisotopic (exact) mass is 476 g/mol. The number of furan rings is 2. The zero-order valence-corrected chi connectivity index (χ0v) is 17.6. The molecule has 2 aromatic carbocycles. The number of alkyl halides is 3. The van der Waals surface area contributed by atoms with Crippen molar-refractivity contribution in [3.8, 4) is 22.6 Å². The molecule has 0 aliphatic rings. The third-order valence-electron chi connectivity index (χ3n) is 4.55. The number of allylic oxidation sites excluding steroid dienone is 1. The summed E-state index contributed by atoms with van der Waals surface area (Å²) in [6, 6.07) is 16.0. The summed E-state index contributed by atoms with van der Waals surface area (Å²) in [5.74, 6) is 0.637. The van der Waals surface area contributed by atoms with E-state index in [2.05, 4.69) is 0 Å². The van der Waals surface area contributed by atoms with Crippen molar-refractivity contribution in [2.75, 3.05) is 0 Å². The molecule has 0 saturated carbocycles. The highest BCUT2D eigenvalue weighted by molar-refractivity contribution is 6.36. The maximum Gasteiger partial charge on any atom is 0.416 e. The molecule has 8 heteroatoms. The molecule has 0 saturated heterocycles. The van der Waals surface area contributed by atoms with E-state index in [0.29, 0.717) is 27.1 Å². The molecule has 0 N–H and O–H groups in total. The second-order valence-electron chi connectivity index (χ2n) is 6.77. The van der Waals surface area contributed by atoms with Gasteiger partial charge in [-0.15, -0.1) is 0 Å². The molecule has 2 heterocycles. The van der Waals surface area contributed by atoms with Gasteiger partial charge in [0, 0.05) is 16.1 Å². The highest BCUT2D eigenvalue weighted by Crippen LogP contribution is 2.33. The minimum atomic E-state index is -4.45. The number of carbonyl (C=O) groups excluding carboxylic acids is 1. The maximum atomic E-state index is 12.9. The minimum absolute atomic E-state index is 0.0897. The van der Waals surface area contributed by atoms with E-state index in [1.807, 2.05) is 0 Å². The highest BCUT2D eigenvalue weighted by Gasteiger charge is 2.30. The van der Waals surface area contributed by atoms with Crippen LogP contribution in [0.25, 0.3) is 28.7 Å². The second kappa shape index (κ2) is 8.73. The van der Waals surface area contributed by atoms with Gasteiger partial charge in [0.1, 0.15) is 17.3 Å². The molecular formula is C24H13Cl2F3O3. The molecule has 0 unspecified atom stereocenters. The van der Waals surface area contributed by atoms with E-state index in [1.165, 1.54) is 36.4 Å². The van der Waals surface area contributed by atoms with Crippen molar-refractivity contribution in [3.63, 3.8) is 0 Å². The van der Waals surface area contributed by atoms with Crippen LogP contribution in [-0.4, -0.2) is 5.78 Å². The Labute approximate surface area is 190 Å².